The predicted octanol–water partition coefficient (Wildman–Crippen LogP) is -0.745. The van der Waals surface area contributed by atoms with E-state index in [1.807, 2.05) is 4.90 Å². The molecule has 2 aliphatic rings. The molecule has 0 unspecified atom stereocenters. The van der Waals surface area contributed by atoms with Crippen LogP contribution in [0.2, 0.25) is 0 Å². The number of nitrogens with zero attached hydrogens (tertiary/aromatic N) is 3. The quantitative estimate of drug-likeness (QED) is 0.642. The normalized spacial score (nSPS) is 21.0. The lowest BCUT2D eigenvalue weighted by Gasteiger charge is -2.24. The molecule has 142 valence electrons. The van der Waals surface area contributed by atoms with Crippen molar-refractivity contribution in [3.05, 3.63) is 24.0 Å². The van der Waals surface area contributed by atoms with Crippen LogP contribution in [-0.4, -0.2) is 74.1 Å². The van der Waals surface area contributed by atoms with Crippen molar-refractivity contribution in [1.82, 2.24) is 10.4 Å². The number of hydrogen-bond donors (Lipinski definition) is 3. The number of benzene rings is 1. The summed E-state index contributed by atoms with van der Waals surface area (Å²) in [5.41, 5.74) is 9.21. The summed E-state index contributed by atoms with van der Waals surface area (Å²) in [6.07, 6.45) is -0.929. The van der Waals surface area contributed by atoms with Crippen LogP contribution in [0.5, 0.6) is 0 Å². The molecule has 2 fully saturated rings. The average Bonchev–Trinajstić information content (AvgIpc) is 2.86. The van der Waals surface area contributed by atoms with Crippen LogP contribution >= 0.6 is 0 Å². The Bertz CT molecular complexity index is 689. The Morgan fingerprint density at radius 3 is 2.85 bits per heavy atom. The maximum Gasteiger partial charge on any atom is 0.414 e. The number of nitrogens with one attached hydrogen (secondary N) is 1. The maximum absolute atomic E-state index is 14.7. The largest absolute Gasteiger partial charge is 0.443 e. The molecule has 2 heterocycles. The van der Waals surface area contributed by atoms with Crippen LogP contribution < -0.4 is 21.0 Å². The molecule has 1 aromatic rings. The third kappa shape index (κ3) is 3.71. The van der Waals surface area contributed by atoms with Gasteiger partial charge in [-0.1, -0.05) is 0 Å². The van der Waals surface area contributed by atoms with Gasteiger partial charge in [-0.15, -0.1) is 0 Å². The predicted molar refractivity (Wildman–Crippen MR) is 92.1 cm³/mol. The van der Waals surface area contributed by atoms with Gasteiger partial charge in [-0.05, 0) is 18.2 Å². The molecule has 2 saturated heterocycles. The van der Waals surface area contributed by atoms with Gasteiger partial charge in [0.1, 0.15) is 18.5 Å². The summed E-state index contributed by atoms with van der Waals surface area (Å²) in [4.78, 5) is 26.6. The Balaban J connectivity index is 1.72. The van der Waals surface area contributed by atoms with Gasteiger partial charge in [-0.3, -0.25) is 14.7 Å². The van der Waals surface area contributed by atoms with Crippen LogP contribution in [0, 0.1) is 5.82 Å². The second-order valence-corrected chi connectivity index (χ2v) is 6.09. The fraction of sp³-hybridized carbons (Fsp3) is 0.500. The third-order valence-corrected chi connectivity index (χ3v) is 4.43. The van der Waals surface area contributed by atoms with Gasteiger partial charge < -0.3 is 20.5 Å². The van der Waals surface area contributed by atoms with Crippen LogP contribution in [0.1, 0.15) is 0 Å². The van der Waals surface area contributed by atoms with Crippen molar-refractivity contribution in [2.24, 2.45) is 5.73 Å². The topological polar surface area (TPSA) is 111 Å². The third-order valence-electron chi connectivity index (χ3n) is 4.43. The number of cyclic esters (lactones) is 1. The van der Waals surface area contributed by atoms with E-state index < -0.39 is 30.5 Å². The number of aliphatic hydroxyl groups excluding tert-OH is 1. The molecule has 0 spiro atoms. The molecule has 10 heteroatoms. The van der Waals surface area contributed by atoms with Gasteiger partial charge in [-0.2, -0.15) is 0 Å². The van der Waals surface area contributed by atoms with Crippen molar-refractivity contribution >= 4 is 23.4 Å². The first-order valence-corrected chi connectivity index (χ1v) is 8.41. The van der Waals surface area contributed by atoms with E-state index >= 15 is 0 Å². The molecule has 1 atom stereocenters. The van der Waals surface area contributed by atoms with E-state index in [1.54, 1.807) is 12.1 Å². The molecule has 2 aliphatic heterocycles. The second-order valence-electron chi connectivity index (χ2n) is 6.09. The van der Waals surface area contributed by atoms with Crippen molar-refractivity contribution in [3.63, 3.8) is 0 Å². The van der Waals surface area contributed by atoms with Gasteiger partial charge in [0, 0.05) is 26.2 Å². The molecule has 4 N–H and O–H groups in total. The number of halogens is 1. The summed E-state index contributed by atoms with van der Waals surface area (Å²) < 4.78 is 19.8. The van der Waals surface area contributed by atoms with Gasteiger partial charge in [0.05, 0.1) is 24.5 Å². The summed E-state index contributed by atoms with van der Waals surface area (Å²) >= 11 is 0. The highest BCUT2D eigenvalue weighted by Crippen LogP contribution is 2.28. The average molecular weight is 367 g/mol. The van der Waals surface area contributed by atoms with Gasteiger partial charge in [0.2, 0.25) is 0 Å². The lowest BCUT2D eigenvalue weighted by atomic mass is 10.2. The van der Waals surface area contributed by atoms with Gasteiger partial charge in [-0.25, -0.2) is 14.6 Å². The molecular weight excluding hydrogens is 345 g/mol. The fourth-order valence-corrected chi connectivity index (χ4v) is 3.05. The van der Waals surface area contributed by atoms with Crippen LogP contribution in [0.3, 0.4) is 0 Å². The molecule has 0 aromatic heterocycles. The Morgan fingerprint density at radius 1 is 1.38 bits per heavy atom. The first-order chi connectivity index (χ1) is 12.5. The number of aliphatic hydroxyl groups is 1. The van der Waals surface area contributed by atoms with Crippen LogP contribution in [0.25, 0.3) is 0 Å². The molecule has 26 heavy (non-hydrogen) atoms. The zero-order valence-corrected chi connectivity index (χ0v) is 14.2. The van der Waals surface area contributed by atoms with E-state index in [9.17, 15) is 14.0 Å². The number of hydrogen-bond acceptors (Lipinski definition) is 7. The highest BCUT2D eigenvalue weighted by molar-refractivity contribution is 5.90. The number of carbonyl (C=O) groups is 2. The Kier molecular flexibility index (Phi) is 5.55. The van der Waals surface area contributed by atoms with E-state index in [4.69, 9.17) is 15.6 Å². The number of amides is 2. The molecule has 0 radical (unpaired) electrons. The lowest BCUT2D eigenvalue weighted by Crippen LogP contribution is -2.45. The SMILES string of the molecule is NC[C@H]1CN(c2ccc(N3CCNN(C(=O)CO)CC3)c(F)c2)C(=O)O1. The van der Waals surface area contributed by atoms with Gasteiger partial charge in [0.15, 0.2) is 0 Å². The molecule has 1 aromatic carbocycles. The first-order valence-electron chi connectivity index (χ1n) is 8.41. The summed E-state index contributed by atoms with van der Waals surface area (Å²) in [5.74, 6) is -0.891. The van der Waals surface area contributed by atoms with E-state index in [2.05, 4.69) is 5.43 Å². The minimum atomic E-state index is -0.578. The number of ether oxygens (including phenoxy) is 1. The van der Waals surface area contributed by atoms with Gasteiger partial charge >= 0.3 is 6.09 Å². The van der Waals surface area contributed by atoms with Crippen molar-refractivity contribution in [1.29, 1.82) is 0 Å². The van der Waals surface area contributed by atoms with E-state index in [0.29, 0.717) is 44.1 Å². The molecule has 3 rings (SSSR count). The number of hydrazine groups is 1. The van der Waals surface area contributed by atoms with Crippen molar-refractivity contribution in [3.8, 4) is 0 Å². The van der Waals surface area contributed by atoms with Crippen LogP contribution in [0.15, 0.2) is 18.2 Å². The van der Waals surface area contributed by atoms with Crippen LogP contribution in [0.4, 0.5) is 20.6 Å². The molecular formula is C16H22FN5O4. The minimum absolute atomic E-state index is 0.215. The Labute approximate surface area is 150 Å². The molecule has 0 saturated carbocycles. The lowest BCUT2D eigenvalue weighted by molar-refractivity contribution is -0.136. The van der Waals surface area contributed by atoms with E-state index in [0.717, 1.165) is 0 Å². The van der Waals surface area contributed by atoms with Crippen molar-refractivity contribution in [2.45, 2.75) is 6.10 Å². The zero-order valence-electron chi connectivity index (χ0n) is 14.2. The van der Waals surface area contributed by atoms with Gasteiger partial charge in [0.25, 0.3) is 5.91 Å². The van der Waals surface area contributed by atoms with Crippen molar-refractivity contribution in [2.75, 3.05) is 55.7 Å². The number of nitrogens with two attached hydrogens (primary N) is 1. The smallest absolute Gasteiger partial charge is 0.414 e. The summed E-state index contributed by atoms with van der Waals surface area (Å²) in [6, 6.07) is 4.56. The number of anilines is 2. The van der Waals surface area contributed by atoms with E-state index in [-0.39, 0.29) is 6.54 Å². The number of carbonyl (C=O) groups excluding carboxylic acids is 2. The summed E-state index contributed by atoms with van der Waals surface area (Å²) in [7, 11) is 0. The Morgan fingerprint density at radius 2 is 2.19 bits per heavy atom. The zero-order chi connectivity index (χ0) is 18.7. The van der Waals surface area contributed by atoms with E-state index in [1.165, 1.54) is 16.0 Å². The monoisotopic (exact) mass is 367 g/mol. The summed E-state index contributed by atoms with van der Waals surface area (Å²) in [5, 5.41) is 10.3. The molecule has 0 aliphatic carbocycles. The molecule has 2 amide bonds. The summed E-state index contributed by atoms with van der Waals surface area (Å²) in [6.45, 7) is 1.59. The highest BCUT2D eigenvalue weighted by Gasteiger charge is 2.32. The van der Waals surface area contributed by atoms with Crippen molar-refractivity contribution < 1.29 is 23.8 Å². The highest BCUT2D eigenvalue weighted by atomic mass is 19.1. The molecule has 0 bridgehead atoms. The molecule has 9 nitrogen and oxygen atoms in total. The standard InChI is InChI=1S/C16H22FN5O4/c17-13-7-11(21-9-12(8-18)26-16(21)25)1-2-14(13)20-4-3-19-22(6-5-20)15(24)10-23/h1-2,7,12,19,23H,3-6,8-10,18H2/t12-/m0/s1. The second kappa shape index (κ2) is 7.85. The maximum atomic E-state index is 14.7. The Hall–Kier alpha value is -2.43. The number of rotatable bonds is 4. The minimum Gasteiger partial charge on any atom is -0.443 e. The van der Waals surface area contributed by atoms with Crippen LogP contribution in [-0.2, 0) is 9.53 Å². The fourth-order valence-electron chi connectivity index (χ4n) is 3.05. The first kappa shape index (κ1) is 18.4.